The summed E-state index contributed by atoms with van der Waals surface area (Å²) in [6.45, 7) is 1.76. The summed E-state index contributed by atoms with van der Waals surface area (Å²) in [5.41, 5.74) is 2.20. The van der Waals surface area contributed by atoms with Crippen LogP contribution in [-0.2, 0) is 19.5 Å². The van der Waals surface area contributed by atoms with Crippen molar-refractivity contribution in [2.24, 2.45) is 0 Å². The highest BCUT2D eigenvalue weighted by Crippen LogP contribution is 2.17. The maximum absolute atomic E-state index is 5.87. The molecule has 0 saturated carbocycles. The molecule has 0 fully saturated rings. The van der Waals surface area contributed by atoms with Crippen LogP contribution in [0, 0.1) is 0 Å². The molecule has 0 saturated heterocycles. The van der Waals surface area contributed by atoms with Gasteiger partial charge < -0.3 is 9.13 Å². The van der Waals surface area contributed by atoms with Crippen LogP contribution in [-0.4, -0.2) is 25.0 Å². The molecule has 1 aromatic carbocycles. The smallest absolute Gasteiger partial charge is 0.111 e. The fraction of sp³-hybridized carbons (Fsp3) is 0.286. The molecule has 0 bridgehead atoms. The van der Waals surface area contributed by atoms with Crippen LogP contribution in [0.15, 0.2) is 43.0 Å². The van der Waals surface area contributed by atoms with Gasteiger partial charge in [-0.1, -0.05) is 12.1 Å². The van der Waals surface area contributed by atoms with E-state index in [0.29, 0.717) is 5.88 Å². The van der Waals surface area contributed by atoms with Crippen molar-refractivity contribution in [1.29, 1.82) is 0 Å². The quantitative estimate of drug-likeness (QED) is 0.671. The summed E-state index contributed by atoms with van der Waals surface area (Å²) in [5.74, 6) is 1.64. The Bertz CT molecular complexity index is 657. The lowest BCUT2D eigenvalue weighted by atomic mass is 10.3. The Morgan fingerprint density at radius 2 is 2.05 bits per heavy atom. The van der Waals surface area contributed by atoms with E-state index in [4.69, 9.17) is 11.6 Å². The van der Waals surface area contributed by atoms with Crippen LogP contribution < -0.4 is 0 Å². The molecule has 2 heterocycles. The predicted molar refractivity (Wildman–Crippen MR) is 76.4 cm³/mol. The van der Waals surface area contributed by atoms with E-state index in [-0.39, 0.29) is 0 Å². The predicted octanol–water partition coefficient (Wildman–Crippen LogP) is 2.71. The van der Waals surface area contributed by atoms with Gasteiger partial charge in [-0.3, -0.25) is 0 Å². The topological polar surface area (TPSA) is 35.6 Å². The number of hydrogen-bond donors (Lipinski definition) is 0. The first-order valence-electron chi connectivity index (χ1n) is 6.34. The highest BCUT2D eigenvalue weighted by molar-refractivity contribution is 6.17. The molecule has 0 unspecified atom stereocenters. The maximum atomic E-state index is 5.87. The molecule has 0 N–H and O–H groups in total. The molecule has 2 aromatic heterocycles. The SMILES string of the molecule is ClCCc1nc2ccccc2n1CCn1ccnc1. The van der Waals surface area contributed by atoms with Crippen molar-refractivity contribution < 1.29 is 0 Å². The van der Waals surface area contributed by atoms with Crippen molar-refractivity contribution in [2.75, 3.05) is 5.88 Å². The van der Waals surface area contributed by atoms with Crippen LogP contribution >= 0.6 is 11.6 Å². The van der Waals surface area contributed by atoms with Crippen molar-refractivity contribution >= 4 is 22.6 Å². The summed E-state index contributed by atoms with van der Waals surface area (Å²) in [5, 5.41) is 0. The summed E-state index contributed by atoms with van der Waals surface area (Å²) >= 11 is 5.87. The first-order chi connectivity index (χ1) is 9.38. The molecule has 0 atom stereocenters. The van der Waals surface area contributed by atoms with Gasteiger partial charge in [0.2, 0.25) is 0 Å². The normalized spacial score (nSPS) is 11.2. The Balaban J connectivity index is 1.92. The van der Waals surface area contributed by atoms with E-state index in [1.54, 1.807) is 6.20 Å². The lowest BCUT2D eigenvalue weighted by molar-refractivity contribution is 0.572. The number of fused-ring (bicyclic) bond motifs is 1. The minimum atomic E-state index is 0.592. The number of halogens is 1. The minimum Gasteiger partial charge on any atom is -0.336 e. The molecule has 4 nitrogen and oxygen atoms in total. The summed E-state index contributed by atoms with van der Waals surface area (Å²) < 4.78 is 4.32. The minimum absolute atomic E-state index is 0.592. The summed E-state index contributed by atoms with van der Waals surface area (Å²) in [7, 11) is 0. The lowest BCUT2D eigenvalue weighted by Crippen LogP contribution is -2.09. The molecule has 0 spiro atoms. The second-order valence-electron chi connectivity index (χ2n) is 4.41. The Morgan fingerprint density at radius 3 is 2.84 bits per heavy atom. The van der Waals surface area contributed by atoms with Gasteiger partial charge in [-0.15, -0.1) is 11.6 Å². The zero-order valence-corrected chi connectivity index (χ0v) is 11.3. The molecule has 3 rings (SSSR count). The van der Waals surface area contributed by atoms with Gasteiger partial charge in [0.1, 0.15) is 5.82 Å². The Labute approximate surface area is 116 Å². The number of benzene rings is 1. The van der Waals surface area contributed by atoms with Crippen LogP contribution in [0.25, 0.3) is 11.0 Å². The van der Waals surface area contributed by atoms with Crippen molar-refractivity contribution in [3.8, 4) is 0 Å². The largest absolute Gasteiger partial charge is 0.336 e. The fourth-order valence-corrected chi connectivity index (χ4v) is 2.45. The van der Waals surface area contributed by atoms with Crippen molar-refractivity contribution in [3.63, 3.8) is 0 Å². The van der Waals surface area contributed by atoms with Gasteiger partial charge >= 0.3 is 0 Å². The number of para-hydroxylation sites is 2. The zero-order chi connectivity index (χ0) is 13.1. The van der Waals surface area contributed by atoms with Gasteiger partial charge in [-0.05, 0) is 12.1 Å². The molecule has 0 aliphatic heterocycles. The molecule has 19 heavy (non-hydrogen) atoms. The lowest BCUT2D eigenvalue weighted by Gasteiger charge is -2.09. The second kappa shape index (κ2) is 5.45. The molecule has 0 aliphatic rings. The number of alkyl halides is 1. The van der Waals surface area contributed by atoms with Gasteiger partial charge in [0.05, 0.1) is 17.4 Å². The van der Waals surface area contributed by atoms with E-state index in [1.165, 1.54) is 5.52 Å². The Morgan fingerprint density at radius 1 is 1.16 bits per heavy atom. The molecule has 0 radical (unpaired) electrons. The van der Waals surface area contributed by atoms with Gasteiger partial charge in [0.15, 0.2) is 0 Å². The number of imidazole rings is 2. The Kier molecular flexibility index (Phi) is 3.51. The van der Waals surface area contributed by atoms with Crippen LogP contribution in [0.3, 0.4) is 0 Å². The van der Waals surface area contributed by atoms with Gasteiger partial charge in [-0.2, -0.15) is 0 Å². The number of hydrogen-bond acceptors (Lipinski definition) is 2. The van der Waals surface area contributed by atoms with Gasteiger partial charge in [-0.25, -0.2) is 9.97 Å². The van der Waals surface area contributed by atoms with Crippen LogP contribution in [0.5, 0.6) is 0 Å². The van der Waals surface area contributed by atoms with Crippen molar-refractivity contribution in [3.05, 3.63) is 48.8 Å². The number of aromatic nitrogens is 4. The zero-order valence-electron chi connectivity index (χ0n) is 10.5. The van der Waals surface area contributed by atoms with E-state index in [2.05, 4.69) is 25.2 Å². The van der Waals surface area contributed by atoms with E-state index in [1.807, 2.05) is 30.7 Å². The Hall–Kier alpha value is -1.81. The average molecular weight is 275 g/mol. The highest BCUT2D eigenvalue weighted by atomic mass is 35.5. The third kappa shape index (κ3) is 2.49. The third-order valence-corrected chi connectivity index (χ3v) is 3.38. The molecule has 5 heteroatoms. The highest BCUT2D eigenvalue weighted by Gasteiger charge is 2.09. The maximum Gasteiger partial charge on any atom is 0.111 e. The third-order valence-electron chi connectivity index (χ3n) is 3.19. The van der Waals surface area contributed by atoms with Crippen molar-refractivity contribution in [2.45, 2.75) is 19.5 Å². The van der Waals surface area contributed by atoms with Gasteiger partial charge in [0.25, 0.3) is 0 Å². The monoisotopic (exact) mass is 274 g/mol. The molecule has 3 aromatic rings. The van der Waals surface area contributed by atoms with E-state index >= 15 is 0 Å². The standard InChI is InChI=1S/C14H15ClN4/c15-6-5-14-17-12-3-1-2-4-13(12)19(14)10-9-18-8-7-16-11-18/h1-4,7-8,11H,5-6,9-10H2. The first-order valence-corrected chi connectivity index (χ1v) is 6.88. The average Bonchev–Trinajstić information content (AvgIpc) is 3.04. The van der Waals surface area contributed by atoms with Crippen molar-refractivity contribution in [1.82, 2.24) is 19.1 Å². The number of rotatable bonds is 5. The first kappa shape index (κ1) is 12.2. The number of aryl methyl sites for hydroxylation is 3. The van der Waals surface area contributed by atoms with E-state index < -0.39 is 0 Å². The van der Waals surface area contributed by atoms with Crippen LogP contribution in [0.1, 0.15) is 5.82 Å². The van der Waals surface area contributed by atoms with Crippen LogP contribution in [0.2, 0.25) is 0 Å². The molecular weight excluding hydrogens is 260 g/mol. The summed E-state index contributed by atoms with van der Waals surface area (Å²) in [6.07, 6.45) is 6.40. The second-order valence-corrected chi connectivity index (χ2v) is 4.79. The van der Waals surface area contributed by atoms with Crippen LogP contribution in [0.4, 0.5) is 0 Å². The van der Waals surface area contributed by atoms with E-state index in [0.717, 1.165) is 30.9 Å². The molecule has 0 aliphatic carbocycles. The van der Waals surface area contributed by atoms with E-state index in [9.17, 15) is 0 Å². The summed E-state index contributed by atoms with van der Waals surface area (Å²) in [6, 6.07) is 8.21. The molecule has 98 valence electrons. The molecular formula is C14H15ClN4. The number of nitrogens with zero attached hydrogens (tertiary/aromatic N) is 4. The van der Waals surface area contributed by atoms with Gasteiger partial charge in [0, 0.05) is 37.8 Å². The molecule has 0 amide bonds. The summed E-state index contributed by atoms with van der Waals surface area (Å²) in [4.78, 5) is 8.72. The fourth-order valence-electron chi connectivity index (χ4n) is 2.28.